The van der Waals surface area contributed by atoms with Gasteiger partial charge in [-0.1, -0.05) is 108 Å². The third-order valence-corrected chi connectivity index (χ3v) is 12.6. The van der Waals surface area contributed by atoms with E-state index >= 15 is 0 Å². The monoisotopic (exact) mass is 918 g/mol. The molecule has 1 atom stereocenters. The van der Waals surface area contributed by atoms with E-state index in [1.807, 2.05) is 0 Å². The van der Waals surface area contributed by atoms with Gasteiger partial charge < -0.3 is 31.4 Å². The van der Waals surface area contributed by atoms with Crippen molar-refractivity contribution in [2.24, 2.45) is 11.8 Å². The number of imidazole rings is 1. The van der Waals surface area contributed by atoms with Crippen LogP contribution in [0.15, 0.2) is 47.3 Å². The number of nitrogens with two attached hydrogens (primary N) is 2. The van der Waals surface area contributed by atoms with Crippen molar-refractivity contribution in [2.45, 2.75) is 174 Å². The number of carbonyl (C=O) groups excluding carboxylic acids is 3. The Morgan fingerprint density at radius 3 is 2.15 bits per heavy atom. The molecule has 0 radical (unpaired) electrons. The van der Waals surface area contributed by atoms with Crippen LogP contribution >= 0.6 is 0 Å². The molecule has 15 nitrogen and oxygen atoms in total. The number of amides is 3. The topological polar surface area (TPSA) is 212 Å². The van der Waals surface area contributed by atoms with E-state index < -0.39 is 6.04 Å². The largest absolute Gasteiger partial charge is 0.478 e. The predicted molar refractivity (Wildman–Crippen MR) is 265 cm³/mol. The van der Waals surface area contributed by atoms with Crippen molar-refractivity contribution in [3.05, 3.63) is 64.1 Å². The lowest BCUT2D eigenvalue weighted by Gasteiger charge is -2.32. The number of nitrogens with one attached hydrogen (secondary N) is 4. The number of nitrogen functional groups attached to an aromatic ring is 1. The van der Waals surface area contributed by atoms with Crippen molar-refractivity contribution in [1.82, 2.24) is 35.4 Å². The summed E-state index contributed by atoms with van der Waals surface area (Å²) in [5.74, 6) is 5.64. The molecule has 3 heterocycles. The summed E-state index contributed by atoms with van der Waals surface area (Å²) < 4.78 is 7.46. The summed E-state index contributed by atoms with van der Waals surface area (Å²) in [6.45, 7) is 8.91. The van der Waals surface area contributed by atoms with Gasteiger partial charge in [0.05, 0.1) is 18.7 Å². The maximum Gasteiger partial charge on any atom is 0.326 e. The number of likely N-dealkylation sites (tertiary alicyclic amines) is 1. The number of hydrogen-bond acceptors (Lipinski definition) is 10. The first-order valence-corrected chi connectivity index (χ1v) is 25.3. The molecule has 66 heavy (non-hydrogen) atoms. The first kappa shape index (κ1) is 53.9. The minimum atomic E-state index is -0.612. The molecule has 0 aliphatic carbocycles. The number of anilines is 1. The third kappa shape index (κ3) is 20.8. The normalized spacial score (nSPS) is 13.9. The van der Waals surface area contributed by atoms with Crippen LogP contribution in [0.3, 0.4) is 0 Å². The number of nitrogens with zero attached hydrogens (tertiary/aromatic N) is 3. The van der Waals surface area contributed by atoms with Gasteiger partial charge in [-0.25, -0.2) is 10.7 Å². The van der Waals surface area contributed by atoms with Gasteiger partial charge in [0.15, 0.2) is 5.82 Å². The highest BCUT2D eigenvalue weighted by atomic mass is 16.6. The highest BCUT2D eigenvalue weighted by Crippen LogP contribution is 2.24. The molecule has 0 bridgehead atoms. The molecule has 0 saturated carbocycles. The van der Waals surface area contributed by atoms with Crippen molar-refractivity contribution in [3.8, 4) is 5.88 Å². The number of aromatic amines is 1. The predicted octanol–water partition coefficient (Wildman–Crippen LogP) is 7.95. The number of hydrogen-bond donors (Lipinski definition) is 6. The van der Waals surface area contributed by atoms with Crippen LogP contribution in [-0.4, -0.2) is 82.6 Å². The van der Waals surface area contributed by atoms with E-state index in [-0.39, 0.29) is 35.8 Å². The van der Waals surface area contributed by atoms with Crippen molar-refractivity contribution in [3.63, 3.8) is 0 Å². The molecule has 0 unspecified atom stereocenters. The molecule has 368 valence electrons. The molecule has 8 N–H and O–H groups in total. The second-order valence-corrected chi connectivity index (χ2v) is 18.2. The Bertz CT molecular complexity index is 1920. The summed E-state index contributed by atoms with van der Waals surface area (Å²) in [5, 5.41) is 8.89. The zero-order valence-corrected chi connectivity index (χ0v) is 40.4. The Kier molecular flexibility index (Phi) is 26.2. The highest BCUT2D eigenvalue weighted by molar-refractivity contribution is 5.87. The van der Waals surface area contributed by atoms with Gasteiger partial charge >= 0.3 is 5.69 Å². The molecule has 3 amide bonds. The Balaban J connectivity index is 1.14. The Labute approximate surface area is 393 Å². The van der Waals surface area contributed by atoms with E-state index in [0.717, 1.165) is 83.0 Å². The number of unbranched alkanes of at least 4 members (excludes halogenated alkanes) is 13. The number of rotatable bonds is 35. The van der Waals surface area contributed by atoms with Gasteiger partial charge in [-0.05, 0) is 107 Å². The molecule has 1 aliphatic heterocycles. The molecule has 1 aromatic carbocycles. The van der Waals surface area contributed by atoms with Crippen molar-refractivity contribution in [1.29, 1.82) is 0 Å². The van der Waals surface area contributed by atoms with E-state index in [9.17, 15) is 19.2 Å². The number of fused-ring (bicyclic) bond motifs is 1. The molecule has 1 saturated heterocycles. The van der Waals surface area contributed by atoms with Gasteiger partial charge in [0.25, 0.3) is 0 Å². The molecule has 4 rings (SSSR count). The fraction of sp³-hybridized carbons (Fsp3) is 0.667. The van der Waals surface area contributed by atoms with Crippen molar-refractivity contribution < 1.29 is 24.0 Å². The number of aromatic nitrogens is 3. The summed E-state index contributed by atoms with van der Waals surface area (Å²) in [4.78, 5) is 65.1. The fourth-order valence-corrected chi connectivity index (χ4v) is 8.57. The number of carbonyl (C=O) groups is 3. The number of benzene rings is 1. The van der Waals surface area contributed by atoms with Crippen LogP contribution in [0.25, 0.3) is 11.0 Å². The van der Waals surface area contributed by atoms with Crippen molar-refractivity contribution >= 4 is 34.6 Å². The molecule has 1 fully saturated rings. The molecule has 3 aromatic rings. The van der Waals surface area contributed by atoms with Gasteiger partial charge in [0, 0.05) is 32.1 Å². The minimum absolute atomic E-state index is 0.0848. The first-order valence-electron chi connectivity index (χ1n) is 25.3. The molecule has 15 heteroatoms. The average molecular weight is 918 g/mol. The van der Waals surface area contributed by atoms with Crippen LogP contribution < -0.4 is 38.0 Å². The van der Waals surface area contributed by atoms with E-state index in [2.05, 4.69) is 85.9 Å². The lowest BCUT2D eigenvalue weighted by Crippen LogP contribution is -2.47. The third-order valence-electron chi connectivity index (χ3n) is 12.6. The van der Waals surface area contributed by atoms with E-state index in [1.165, 1.54) is 63.4 Å². The summed E-state index contributed by atoms with van der Waals surface area (Å²) >= 11 is 0. The molecule has 0 spiro atoms. The Morgan fingerprint density at radius 2 is 1.47 bits per heavy atom. The average Bonchev–Trinajstić information content (AvgIpc) is 3.62. The van der Waals surface area contributed by atoms with Crippen LogP contribution in [0.5, 0.6) is 5.88 Å². The summed E-state index contributed by atoms with van der Waals surface area (Å²) in [6.07, 6.45) is 27.4. The van der Waals surface area contributed by atoms with Crippen molar-refractivity contribution in [2.75, 3.05) is 45.1 Å². The standard InChI is InChI=1S/C51H83N9O6/c1-3-5-7-8-9-10-11-12-13-14-15-16-17-18-19-23-45(61)56-43(22-20-21-31-54-46(62)39-66-53)50(63)55-32-28-40-29-33-59(34-30-40)37-41-24-26-42(27-25-41)38-60-44-36-47(65-35-6-4-2)57-49(52)48(44)58-51(60)64/h12-13,24-27,36,40,43H,3-11,14-23,28-35,37-39,53H2,1-2H3,(H2,52,57)(H,54,62)(H,55,63)(H,56,61)(H,58,64)/b13-12-/t43-/m0/s1. The van der Waals surface area contributed by atoms with E-state index in [4.69, 9.17) is 16.4 Å². The molecular weight excluding hydrogens is 835 g/mol. The summed E-state index contributed by atoms with van der Waals surface area (Å²) in [6, 6.07) is 9.58. The molecule has 1 aliphatic rings. The lowest BCUT2D eigenvalue weighted by molar-refractivity contribution is -0.129. The first-order chi connectivity index (χ1) is 32.2. The zero-order valence-electron chi connectivity index (χ0n) is 40.4. The molecule has 2 aromatic heterocycles. The van der Waals surface area contributed by atoms with Crippen LogP contribution in [0.4, 0.5) is 5.82 Å². The smallest absolute Gasteiger partial charge is 0.326 e. The highest BCUT2D eigenvalue weighted by Gasteiger charge is 2.23. The SMILES string of the molecule is CCCCCCCC/C=C\CCCCCCCC(=O)N[C@@H](CCCCNC(=O)CON)C(=O)NCCC1CCN(Cc2ccc(Cn3c(=O)[nH]c4c(N)nc(OCCCC)cc43)cc2)CC1. The summed E-state index contributed by atoms with van der Waals surface area (Å²) in [7, 11) is 0. The Morgan fingerprint density at radius 1 is 0.818 bits per heavy atom. The second kappa shape index (κ2) is 32.1. The number of H-pyrrole nitrogens is 1. The van der Waals surface area contributed by atoms with Gasteiger partial charge in [-0.2, -0.15) is 4.98 Å². The number of allylic oxidation sites excluding steroid dienone is 2. The Hall–Kier alpha value is -4.73. The van der Waals surface area contributed by atoms with Gasteiger partial charge in [-0.15, -0.1) is 0 Å². The van der Waals surface area contributed by atoms with Crippen LogP contribution in [0.1, 0.15) is 166 Å². The fourth-order valence-electron chi connectivity index (χ4n) is 8.57. The number of piperidine rings is 1. The maximum atomic E-state index is 13.4. The lowest BCUT2D eigenvalue weighted by atomic mass is 9.93. The molecular formula is C51H83N9O6. The van der Waals surface area contributed by atoms with E-state index in [1.54, 1.807) is 10.6 Å². The second-order valence-electron chi connectivity index (χ2n) is 18.2. The number of ether oxygens (including phenoxy) is 1. The van der Waals surface area contributed by atoms with Gasteiger partial charge in [0.2, 0.25) is 23.6 Å². The van der Waals surface area contributed by atoms with Gasteiger partial charge in [-0.3, -0.25) is 28.7 Å². The van der Waals surface area contributed by atoms with Gasteiger partial charge in [0.1, 0.15) is 18.2 Å². The van der Waals surface area contributed by atoms with Crippen LogP contribution in [0, 0.1) is 5.92 Å². The minimum Gasteiger partial charge on any atom is -0.478 e. The number of pyridine rings is 1. The van der Waals surface area contributed by atoms with E-state index in [0.29, 0.717) is 74.8 Å². The quantitative estimate of drug-likeness (QED) is 0.0190. The zero-order chi connectivity index (χ0) is 47.2. The van der Waals surface area contributed by atoms with Crippen LogP contribution in [-0.2, 0) is 32.3 Å². The van der Waals surface area contributed by atoms with Crippen LogP contribution in [0.2, 0.25) is 0 Å². The summed E-state index contributed by atoms with van der Waals surface area (Å²) in [5.41, 5.74) is 9.34. The maximum absolute atomic E-state index is 13.4.